The van der Waals surface area contributed by atoms with Crippen LogP contribution in [-0.2, 0) is 0 Å². The van der Waals surface area contributed by atoms with Crippen molar-refractivity contribution in [2.45, 2.75) is 6.92 Å². The molecule has 3 rings (SSSR count). The van der Waals surface area contributed by atoms with E-state index in [2.05, 4.69) is 15.3 Å². The smallest absolute Gasteiger partial charge is 0.251 e. The molecule has 0 unspecified atom stereocenters. The molecule has 2 heterocycles. The van der Waals surface area contributed by atoms with Gasteiger partial charge < -0.3 is 5.32 Å². The summed E-state index contributed by atoms with van der Waals surface area (Å²) in [6.45, 7) is 2.05. The second-order valence-corrected chi connectivity index (χ2v) is 5.74. The van der Waals surface area contributed by atoms with Crippen LogP contribution in [0, 0.1) is 6.92 Å². The first kappa shape index (κ1) is 14.4. The number of pyridine rings is 1. The van der Waals surface area contributed by atoms with Gasteiger partial charge in [0.15, 0.2) is 0 Å². The molecule has 22 heavy (non-hydrogen) atoms. The van der Waals surface area contributed by atoms with Crippen LogP contribution in [0.1, 0.15) is 15.9 Å². The summed E-state index contributed by atoms with van der Waals surface area (Å²) in [5.41, 5.74) is 4.78. The highest BCUT2D eigenvalue weighted by Crippen LogP contribution is 2.30. The fourth-order valence-electron chi connectivity index (χ4n) is 2.17. The molecule has 0 atom stereocenters. The lowest BCUT2D eigenvalue weighted by Gasteiger charge is -2.02. The zero-order chi connectivity index (χ0) is 15.5. The predicted octanol–water partition coefficient (Wildman–Crippen LogP) is 3.54. The highest BCUT2D eigenvalue weighted by molar-refractivity contribution is 7.13. The number of rotatable bonds is 3. The van der Waals surface area contributed by atoms with Gasteiger partial charge in [-0.3, -0.25) is 9.78 Å². The average Bonchev–Trinajstić information content (AvgIpc) is 3.04. The summed E-state index contributed by atoms with van der Waals surface area (Å²) in [6, 6.07) is 9.44. The Kier molecular flexibility index (Phi) is 3.98. The third-order valence-electron chi connectivity index (χ3n) is 3.44. The number of nitrogens with one attached hydrogen (secondary N) is 1. The molecule has 1 N–H and O–H groups in total. The van der Waals surface area contributed by atoms with Crippen LogP contribution in [0.3, 0.4) is 0 Å². The first-order valence-corrected chi connectivity index (χ1v) is 7.76. The topological polar surface area (TPSA) is 54.9 Å². The molecular weight excluding hydrogens is 294 g/mol. The van der Waals surface area contributed by atoms with Crippen LogP contribution in [0.2, 0.25) is 0 Å². The average molecular weight is 309 g/mol. The minimum atomic E-state index is -0.0858. The number of hydrogen-bond donors (Lipinski definition) is 1. The van der Waals surface area contributed by atoms with Gasteiger partial charge in [0.2, 0.25) is 0 Å². The van der Waals surface area contributed by atoms with Crippen LogP contribution in [0.4, 0.5) is 0 Å². The SMILES string of the molecule is CNC(=O)c1ccc(-c2nc(-c3cnccc3C)cs2)cc1. The minimum absolute atomic E-state index is 0.0858. The van der Waals surface area contributed by atoms with Crippen molar-refractivity contribution in [3.05, 3.63) is 59.2 Å². The van der Waals surface area contributed by atoms with E-state index in [9.17, 15) is 4.79 Å². The third kappa shape index (κ3) is 2.76. The second-order valence-electron chi connectivity index (χ2n) is 4.88. The summed E-state index contributed by atoms with van der Waals surface area (Å²) in [5, 5.41) is 5.58. The fourth-order valence-corrected chi connectivity index (χ4v) is 3.00. The van der Waals surface area contributed by atoms with Gasteiger partial charge in [0.25, 0.3) is 5.91 Å². The van der Waals surface area contributed by atoms with E-state index in [-0.39, 0.29) is 5.91 Å². The molecule has 5 heteroatoms. The lowest BCUT2D eigenvalue weighted by molar-refractivity contribution is 0.0963. The van der Waals surface area contributed by atoms with Crippen LogP contribution in [0.15, 0.2) is 48.1 Å². The molecule has 1 amide bonds. The van der Waals surface area contributed by atoms with Crippen LogP contribution in [0.25, 0.3) is 21.8 Å². The summed E-state index contributed by atoms with van der Waals surface area (Å²) >= 11 is 1.59. The van der Waals surface area contributed by atoms with Gasteiger partial charge in [-0.1, -0.05) is 12.1 Å². The number of carbonyl (C=O) groups excluding carboxylic acids is 1. The Labute approximate surface area is 132 Å². The molecule has 0 aliphatic heterocycles. The van der Waals surface area contributed by atoms with E-state index in [1.807, 2.05) is 48.8 Å². The Morgan fingerprint density at radius 2 is 1.95 bits per heavy atom. The Bertz CT molecular complexity index is 809. The monoisotopic (exact) mass is 309 g/mol. The lowest BCUT2D eigenvalue weighted by atomic mass is 10.1. The van der Waals surface area contributed by atoms with Crippen molar-refractivity contribution in [1.29, 1.82) is 0 Å². The number of nitrogens with zero attached hydrogens (tertiary/aromatic N) is 2. The van der Waals surface area contributed by atoms with E-state index in [0.717, 1.165) is 27.4 Å². The summed E-state index contributed by atoms with van der Waals surface area (Å²) in [6.07, 6.45) is 3.62. The van der Waals surface area contributed by atoms with E-state index >= 15 is 0 Å². The van der Waals surface area contributed by atoms with Gasteiger partial charge in [0.05, 0.1) is 5.69 Å². The van der Waals surface area contributed by atoms with Gasteiger partial charge in [-0.05, 0) is 30.7 Å². The summed E-state index contributed by atoms with van der Waals surface area (Å²) in [5.74, 6) is -0.0858. The Morgan fingerprint density at radius 3 is 2.64 bits per heavy atom. The number of amides is 1. The highest BCUT2D eigenvalue weighted by Gasteiger charge is 2.09. The minimum Gasteiger partial charge on any atom is -0.355 e. The largest absolute Gasteiger partial charge is 0.355 e. The highest BCUT2D eigenvalue weighted by atomic mass is 32.1. The normalized spacial score (nSPS) is 10.5. The molecule has 0 aliphatic rings. The fraction of sp³-hybridized carbons (Fsp3) is 0.118. The lowest BCUT2D eigenvalue weighted by Crippen LogP contribution is -2.17. The number of carbonyl (C=O) groups is 1. The van der Waals surface area contributed by atoms with E-state index in [4.69, 9.17) is 0 Å². The van der Waals surface area contributed by atoms with Gasteiger partial charge in [-0.25, -0.2) is 4.98 Å². The number of aryl methyl sites for hydroxylation is 1. The van der Waals surface area contributed by atoms with Gasteiger partial charge in [-0.15, -0.1) is 11.3 Å². The van der Waals surface area contributed by atoms with E-state index < -0.39 is 0 Å². The van der Waals surface area contributed by atoms with Crippen LogP contribution in [0.5, 0.6) is 0 Å². The molecule has 0 aliphatic carbocycles. The van der Waals surface area contributed by atoms with Crippen molar-refractivity contribution < 1.29 is 4.79 Å². The first-order valence-electron chi connectivity index (χ1n) is 6.88. The Balaban J connectivity index is 1.91. The molecule has 0 spiro atoms. The van der Waals surface area contributed by atoms with Crippen molar-refractivity contribution in [3.63, 3.8) is 0 Å². The van der Waals surface area contributed by atoms with E-state index in [1.165, 1.54) is 0 Å². The quantitative estimate of drug-likeness (QED) is 0.805. The maximum absolute atomic E-state index is 11.6. The van der Waals surface area contributed by atoms with E-state index in [1.54, 1.807) is 24.6 Å². The zero-order valence-corrected chi connectivity index (χ0v) is 13.1. The first-order chi connectivity index (χ1) is 10.7. The molecule has 0 saturated carbocycles. The summed E-state index contributed by atoms with van der Waals surface area (Å²) in [7, 11) is 1.62. The zero-order valence-electron chi connectivity index (χ0n) is 12.3. The summed E-state index contributed by atoms with van der Waals surface area (Å²) < 4.78 is 0. The van der Waals surface area contributed by atoms with Gasteiger partial charge in [0.1, 0.15) is 5.01 Å². The van der Waals surface area contributed by atoms with Crippen molar-refractivity contribution in [3.8, 4) is 21.8 Å². The second kappa shape index (κ2) is 6.07. The molecule has 0 bridgehead atoms. The number of aromatic nitrogens is 2. The third-order valence-corrected chi connectivity index (χ3v) is 4.33. The predicted molar refractivity (Wildman–Crippen MR) is 88.9 cm³/mol. The summed E-state index contributed by atoms with van der Waals surface area (Å²) in [4.78, 5) is 20.4. The van der Waals surface area contributed by atoms with Gasteiger partial charge in [-0.2, -0.15) is 0 Å². The molecule has 1 aromatic carbocycles. The van der Waals surface area contributed by atoms with Crippen molar-refractivity contribution in [1.82, 2.24) is 15.3 Å². The van der Waals surface area contributed by atoms with E-state index in [0.29, 0.717) is 5.56 Å². The molecule has 0 saturated heterocycles. The maximum atomic E-state index is 11.6. The molecule has 0 radical (unpaired) electrons. The van der Waals surface area contributed by atoms with Crippen LogP contribution in [-0.4, -0.2) is 22.9 Å². The molecule has 110 valence electrons. The Hall–Kier alpha value is -2.53. The molecule has 2 aromatic heterocycles. The number of hydrogen-bond acceptors (Lipinski definition) is 4. The standard InChI is InChI=1S/C17H15N3OS/c1-11-7-8-19-9-14(11)15-10-22-17(20-15)13-5-3-12(4-6-13)16(21)18-2/h3-10H,1-2H3,(H,18,21). The Morgan fingerprint density at radius 1 is 1.18 bits per heavy atom. The van der Waals surface area contributed by atoms with Crippen LogP contribution < -0.4 is 5.32 Å². The number of benzene rings is 1. The number of thiazole rings is 1. The molecule has 3 aromatic rings. The van der Waals surface area contributed by atoms with Gasteiger partial charge in [0, 0.05) is 41.5 Å². The molecule has 0 fully saturated rings. The van der Waals surface area contributed by atoms with Gasteiger partial charge >= 0.3 is 0 Å². The van der Waals surface area contributed by atoms with Crippen molar-refractivity contribution >= 4 is 17.2 Å². The maximum Gasteiger partial charge on any atom is 0.251 e. The molecule has 4 nitrogen and oxygen atoms in total. The van der Waals surface area contributed by atoms with Crippen LogP contribution >= 0.6 is 11.3 Å². The van der Waals surface area contributed by atoms with Crippen molar-refractivity contribution in [2.24, 2.45) is 0 Å². The molecular formula is C17H15N3OS. The van der Waals surface area contributed by atoms with Crippen molar-refractivity contribution in [2.75, 3.05) is 7.05 Å².